The summed E-state index contributed by atoms with van der Waals surface area (Å²) < 4.78 is 13.0. The number of hydrogen-bond donors (Lipinski definition) is 0. The first kappa shape index (κ1) is 20.9. The van der Waals surface area contributed by atoms with Gasteiger partial charge in [-0.2, -0.15) is 0 Å². The van der Waals surface area contributed by atoms with Crippen LogP contribution in [0.2, 0.25) is 5.02 Å². The molecule has 4 rings (SSSR count). The van der Waals surface area contributed by atoms with Crippen LogP contribution < -0.4 is 10.4 Å². The summed E-state index contributed by atoms with van der Waals surface area (Å²) in [7, 11) is 0. The predicted octanol–water partition coefficient (Wildman–Crippen LogP) is 5.48. The Labute approximate surface area is 184 Å². The average molecular weight is 436 g/mol. The molecule has 0 amide bonds. The number of fused-ring (bicyclic) bond motifs is 1. The molecule has 2 heterocycles. The molecule has 158 valence electrons. The highest BCUT2D eigenvalue weighted by Crippen LogP contribution is 2.24. The lowest BCUT2D eigenvalue weighted by molar-refractivity contribution is 0.0921. The molecule has 0 bridgehead atoms. The van der Waals surface area contributed by atoms with Gasteiger partial charge in [-0.25, -0.2) is 4.79 Å². The predicted molar refractivity (Wildman–Crippen MR) is 122 cm³/mol. The maximum Gasteiger partial charge on any atom is 0.336 e. The number of aromatic nitrogens is 1. The molecule has 0 N–H and O–H groups in total. The molecule has 0 atom stereocenters. The van der Waals surface area contributed by atoms with Crippen molar-refractivity contribution in [3.8, 4) is 5.75 Å². The van der Waals surface area contributed by atoms with Crippen LogP contribution in [0.1, 0.15) is 32.9 Å². The van der Waals surface area contributed by atoms with Crippen LogP contribution in [0.3, 0.4) is 0 Å². The summed E-state index contributed by atoms with van der Waals surface area (Å²) in [6.45, 7) is 6.22. The van der Waals surface area contributed by atoms with Crippen molar-refractivity contribution in [3.63, 3.8) is 0 Å². The first-order valence-electron chi connectivity index (χ1n) is 9.94. The summed E-state index contributed by atoms with van der Waals surface area (Å²) in [4.78, 5) is 24.5. The van der Waals surface area contributed by atoms with Crippen molar-refractivity contribution in [2.75, 3.05) is 6.61 Å². The molecule has 0 aliphatic heterocycles. The first-order valence-corrected chi connectivity index (χ1v) is 10.3. The number of aryl methyl sites for hydroxylation is 2. The molecule has 6 heteroatoms. The number of carbonyl (C=O) groups is 1. The van der Waals surface area contributed by atoms with Crippen LogP contribution in [0, 0.1) is 20.8 Å². The fraction of sp³-hybridized carbons (Fsp3) is 0.200. The molecule has 0 unspecified atom stereocenters. The molecular formula is C25H22ClNO4. The second kappa shape index (κ2) is 8.44. The smallest absolute Gasteiger partial charge is 0.336 e. The van der Waals surface area contributed by atoms with Crippen LogP contribution in [0.15, 0.2) is 63.8 Å². The Bertz CT molecular complexity index is 1350. The van der Waals surface area contributed by atoms with Gasteiger partial charge in [-0.15, -0.1) is 0 Å². The molecule has 0 saturated carbocycles. The number of ether oxygens (including phenoxy) is 1. The van der Waals surface area contributed by atoms with Gasteiger partial charge in [0.2, 0.25) is 5.78 Å². The van der Waals surface area contributed by atoms with Crippen molar-refractivity contribution in [3.05, 3.63) is 98.1 Å². The van der Waals surface area contributed by atoms with E-state index in [2.05, 4.69) is 4.57 Å². The molecule has 5 nitrogen and oxygen atoms in total. The Balaban J connectivity index is 1.52. The second-order valence-electron chi connectivity index (χ2n) is 7.58. The third-order valence-electron chi connectivity index (χ3n) is 5.45. The van der Waals surface area contributed by atoms with Gasteiger partial charge in [0.05, 0.1) is 0 Å². The minimum Gasteiger partial charge on any atom is -0.485 e. The maximum absolute atomic E-state index is 12.9. The van der Waals surface area contributed by atoms with Crippen molar-refractivity contribution in [1.82, 2.24) is 4.57 Å². The number of carbonyl (C=O) groups excluding carboxylic acids is 1. The summed E-state index contributed by atoms with van der Waals surface area (Å²) in [5.41, 5.74) is 4.31. The second-order valence-corrected chi connectivity index (χ2v) is 7.99. The van der Waals surface area contributed by atoms with E-state index in [1.54, 1.807) is 12.1 Å². The summed E-state index contributed by atoms with van der Waals surface area (Å²) in [5, 5.41) is 1.53. The van der Waals surface area contributed by atoms with Gasteiger partial charge in [-0.05, 0) is 56.2 Å². The molecule has 2 aromatic carbocycles. The van der Waals surface area contributed by atoms with E-state index >= 15 is 0 Å². The van der Waals surface area contributed by atoms with E-state index < -0.39 is 5.63 Å². The Kier molecular flexibility index (Phi) is 5.70. The fourth-order valence-corrected chi connectivity index (χ4v) is 3.94. The highest BCUT2D eigenvalue weighted by Gasteiger charge is 2.17. The van der Waals surface area contributed by atoms with Crippen LogP contribution in [0.5, 0.6) is 5.75 Å². The van der Waals surface area contributed by atoms with Crippen molar-refractivity contribution >= 4 is 28.4 Å². The average Bonchev–Trinajstić information content (AvgIpc) is 3.01. The van der Waals surface area contributed by atoms with E-state index in [1.165, 1.54) is 6.07 Å². The number of rotatable bonds is 6. The summed E-state index contributed by atoms with van der Waals surface area (Å²) in [6, 6.07) is 16.2. The SMILES string of the molecule is Cc1cc(=O)oc2cc(OCC(=O)c3cc(C)n(Cc4ccccc4Cl)c3C)ccc12. The third kappa shape index (κ3) is 4.28. The lowest BCUT2D eigenvalue weighted by atomic mass is 10.1. The number of benzene rings is 2. The molecule has 0 saturated heterocycles. The molecule has 0 fully saturated rings. The molecule has 4 aromatic rings. The van der Waals surface area contributed by atoms with Crippen molar-refractivity contribution < 1.29 is 13.9 Å². The highest BCUT2D eigenvalue weighted by atomic mass is 35.5. The van der Waals surface area contributed by atoms with Crippen LogP contribution in [-0.2, 0) is 6.54 Å². The van der Waals surface area contributed by atoms with E-state index in [9.17, 15) is 9.59 Å². The normalized spacial score (nSPS) is 11.1. The van der Waals surface area contributed by atoms with E-state index in [4.69, 9.17) is 20.8 Å². The Morgan fingerprint density at radius 2 is 1.84 bits per heavy atom. The lowest BCUT2D eigenvalue weighted by Crippen LogP contribution is -2.13. The van der Waals surface area contributed by atoms with Crippen molar-refractivity contribution in [2.45, 2.75) is 27.3 Å². The number of halogens is 1. The fourth-order valence-electron chi connectivity index (χ4n) is 3.75. The maximum atomic E-state index is 12.9. The number of nitrogens with zero attached hydrogens (tertiary/aromatic N) is 1. The van der Waals surface area contributed by atoms with Gasteiger partial charge in [0.25, 0.3) is 0 Å². The van der Waals surface area contributed by atoms with Gasteiger partial charge in [0.15, 0.2) is 6.61 Å². The Hall–Kier alpha value is -3.31. The zero-order valence-electron chi connectivity index (χ0n) is 17.6. The van der Waals surface area contributed by atoms with Gasteiger partial charge in [-0.1, -0.05) is 29.8 Å². The van der Waals surface area contributed by atoms with Crippen LogP contribution in [0.25, 0.3) is 11.0 Å². The summed E-state index contributed by atoms with van der Waals surface area (Å²) in [6.07, 6.45) is 0. The van der Waals surface area contributed by atoms with Gasteiger partial charge in [0, 0.05) is 46.0 Å². The number of ketones is 1. The van der Waals surface area contributed by atoms with Gasteiger partial charge < -0.3 is 13.7 Å². The molecule has 31 heavy (non-hydrogen) atoms. The van der Waals surface area contributed by atoms with Gasteiger partial charge >= 0.3 is 5.63 Å². The standard InChI is InChI=1S/C25H22ClNO4/c1-15-10-25(29)31-24-12-19(8-9-20(15)24)30-14-23(28)21-11-16(2)27(17(21)3)13-18-6-4-5-7-22(18)26/h4-12H,13-14H2,1-3H3. The zero-order valence-corrected chi connectivity index (χ0v) is 18.3. The van der Waals surface area contributed by atoms with Gasteiger partial charge in [0.1, 0.15) is 11.3 Å². The molecule has 0 spiro atoms. The van der Waals surface area contributed by atoms with Crippen molar-refractivity contribution in [2.24, 2.45) is 0 Å². The van der Waals surface area contributed by atoms with Crippen molar-refractivity contribution in [1.29, 1.82) is 0 Å². The molecule has 0 radical (unpaired) electrons. The third-order valence-corrected chi connectivity index (χ3v) is 5.82. The van der Waals surface area contributed by atoms with Gasteiger partial charge in [-0.3, -0.25) is 4.79 Å². The quantitative estimate of drug-likeness (QED) is 0.297. The monoisotopic (exact) mass is 435 g/mol. The lowest BCUT2D eigenvalue weighted by Gasteiger charge is -2.11. The highest BCUT2D eigenvalue weighted by molar-refractivity contribution is 6.31. The number of Topliss-reactive ketones (excluding diaryl/α,β-unsaturated/α-hetero) is 1. The van der Waals surface area contributed by atoms with Crippen LogP contribution >= 0.6 is 11.6 Å². The molecule has 0 aliphatic carbocycles. The Morgan fingerprint density at radius 3 is 2.61 bits per heavy atom. The van der Waals surface area contributed by atoms with E-state index in [1.807, 2.05) is 57.2 Å². The van der Waals surface area contributed by atoms with Crippen LogP contribution in [0.4, 0.5) is 0 Å². The van der Waals surface area contributed by atoms with E-state index in [0.717, 1.165) is 27.9 Å². The first-order chi connectivity index (χ1) is 14.8. The van der Waals surface area contributed by atoms with E-state index in [-0.39, 0.29) is 12.4 Å². The summed E-state index contributed by atoms with van der Waals surface area (Å²) >= 11 is 6.30. The van der Waals surface area contributed by atoms with E-state index in [0.29, 0.717) is 28.5 Å². The Morgan fingerprint density at radius 1 is 1.06 bits per heavy atom. The minimum absolute atomic E-state index is 0.113. The van der Waals surface area contributed by atoms with Crippen LogP contribution in [-0.4, -0.2) is 17.0 Å². The zero-order chi connectivity index (χ0) is 22.1. The minimum atomic E-state index is -0.413. The molecule has 2 aromatic heterocycles. The molecular weight excluding hydrogens is 414 g/mol. The number of hydrogen-bond acceptors (Lipinski definition) is 4. The molecule has 0 aliphatic rings. The largest absolute Gasteiger partial charge is 0.485 e. The summed E-state index contributed by atoms with van der Waals surface area (Å²) in [5.74, 6) is 0.351. The topological polar surface area (TPSA) is 61.4 Å².